The summed E-state index contributed by atoms with van der Waals surface area (Å²) in [7, 11) is 0. The molecule has 0 aromatic heterocycles. The molecular weight excluding hydrogens is 809 g/mol. The number of rotatable bonds is 22. The molecule has 10 nitrogen and oxygen atoms in total. The molecule has 0 bridgehead atoms. The third-order valence-corrected chi connectivity index (χ3v) is 11.2. The van der Waals surface area contributed by atoms with Crippen LogP contribution in [0.1, 0.15) is 39.8 Å². The maximum Gasteiger partial charge on any atom is 0.308 e. The second-order valence-corrected chi connectivity index (χ2v) is 16.0. The summed E-state index contributed by atoms with van der Waals surface area (Å²) in [6, 6.07) is 59.7. The van der Waals surface area contributed by atoms with Crippen LogP contribution in [0.25, 0.3) is 0 Å². The summed E-state index contributed by atoms with van der Waals surface area (Å²) >= 11 is 0. The molecule has 64 heavy (non-hydrogen) atoms. The number of ether oxygens (including phenoxy) is 9. The molecule has 10 heteroatoms. The molecule has 0 unspecified atom stereocenters. The Labute approximate surface area is 375 Å². The average Bonchev–Trinajstić information content (AvgIpc) is 3.34. The van der Waals surface area contributed by atoms with Crippen LogP contribution in [0.4, 0.5) is 0 Å². The lowest BCUT2D eigenvalue weighted by Crippen LogP contribution is -2.64. The maximum absolute atomic E-state index is 13.4. The van der Waals surface area contributed by atoms with Gasteiger partial charge in [0, 0.05) is 0 Å². The molecule has 8 rings (SSSR count). The van der Waals surface area contributed by atoms with Gasteiger partial charge in [0.1, 0.15) is 30.5 Å². The van der Waals surface area contributed by atoms with Gasteiger partial charge in [-0.1, -0.05) is 182 Å². The van der Waals surface area contributed by atoms with Crippen molar-refractivity contribution in [2.24, 2.45) is 0 Å². The monoisotopic (exact) mass is 864 g/mol. The van der Waals surface area contributed by atoms with Gasteiger partial charge in [-0.15, -0.1) is 0 Å². The molecule has 0 aliphatic carbocycles. The Balaban J connectivity index is 1.14. The highest BCUT2D eigenvalue weighted by atomic mass is 16.7. The molecule has 8 atom stereocenters. The highest BCUT2D eigenvalue weighted by molar-refractivity contribution is 5.71. The van der Waals surface area contributed by atoms with Crippen LogP contribution < -0.4 is 0 Å². The number of cyclic esters (lactones) is 1. The number of esters is 1. The van der Waals surface area contributed by atoms with Crippen LogP contribution in [0.3, 0.4) is 0 Å². The second-order valence-electron chi connectivity index (χ2n) is 16.0. The van der Waals surface area contributed by atoms with Crippen molar-refractivity contribution in [2.75, 3.05) is 13.2 Å². The third-order valence-electron chi connectivity index (χ3n) is 11.2. The van der Waals surface area contributed by atoms with Gasteiger partial charge in [-0.05, 0) is 33.4 Å². The van der Waals surface area contributed by atoms with E-state index >= 15 is 0 Å². The predicted octanol–water partition coefficient (Wildman–Crippen LogP) is 9.19. The van der Waals surface area contributed by atoms with Crippen molar-refractivity contribution in [1.82, 2.24) is 0 Å². The van der Waals surface area contributed by atoms with Gasteiger partial charge in [0.2, 0.25) is 0 Å². The minimum Gasteiger partial charge on any atom is -0.457 e. The van der Waals surface area contributed by atoms with Crippen LogP contribution in [0.15, 0.2) is 182 Å². The predicted molar refractivity (Wildman–Crippen MR) is 240 cm³/mol. The maximum atomic E-state index is 13.4. The first-order valence-corrected chi connectivity index (χ1v) is 22.0. The molecular formula is C54H56O10. The summed E-state index contributed by atoms with van der Waals surface area (Å²) in [4.78, 5) is 13.4. The van der Waals surface area contributed by atoms with E-state index in [2.05, 4.69) is 0 Å². The van der Waals surface area contributed by atoms with Gasteiger partial charge in [-0.3, -0.25) is 4.79 Å². The van der Waals surface area contributed by atoms with Gasteiger partial charge < -0.3 is 42.6 Å². The number of carbonyl (C=O) groups is 1. The molecule has 2 fully saturated rings. The van der Waals surface area contributed by atoms with Crippen molar-refractivity contribution in [3.8, 4) is 0 Å². The Morgan fingerprint density at radius 1 is 0.391 bits per heavy atom. The van der Waals surface area contributed by atoms with Crippen LogP contribution in [-0.4, -0.2) is 68.2 Å². The van der Waals surface area contributed by atoms with E-state index in [1.54, 1.807) is 0 Å². The van der Waals surface area contributed by atoms with Crippen LogP contribution in [-0.2, 0) is 87.1 Å². The van der Waals surface area contributed by atoms with Crippen molar-refractivity contribution >= 4 is 5.97 Å². The normalized spacial score (nSPS) is 23.3. The lowest BCUT2D eigenvalue weighted by molar-refractivity contribution is -0.350. The standard InChI is InChI=1S/C54H56O10/c55-49-31-46(58-34-42-23-11-3-12-24-42)50(47(62-49)38-56-32-40-19-7-1-8-20-40)64-54-53(61-37-45-29-17-6-18-30-45)52(60-36-44-27-15-5-16-28-44)51(59-35-43-25-13-4-14-26-43)48(63-54)39-57-33-41-21-9-2-10-22-41/h1-30,46-48,50-54H,31-39H2/t46-,47-,48-,50+,51+,52+,53-,54+/m1/s1. The first-order valence-electron chi connectivity index (χ1n) is 22.0. The Morgan fingerprint density at radius 3 is 1.19 bits per heavy atom. The van der Waals surface area contributed by atoms with Crippen LogP contribution in [0.2, 0.25) is 0 Å². The van der Waals surface area contributed by atoms with Gasteiger partial charge in [0.25, 0.3) is 0 Å². The van der Waals surface area contributed by atoms with Gasteiger partial charge in [-0.25, -0.2) is 0 Å². The van der Waals surface area contributed by atoms with Crippen molar-refractivity contribution in [2.45, 2.75) is 95.1 Å². The molecule has 0 N–H and O–H groups in total. The first-order chi connectivity index (χ1) is 31.6. The van der Waals surface area contributed by atoms with Gasteiger partial charge in [-0.2, -0.15) is 0 Å². The Kier molecular flexibility index (Phi) is 16.9. The third kappa shape index (κ3) is 13.3. The van der Waals surface area contributed by atoms with Crippen LogP contribution in [0, 0.1) is 0 Å². The van der Waals surface area contributed by atoms with E-state index < -0.39 is 55.0 Å². The number of carbonyl (C=O) groups excluding carboxylic acids is 1. The Hall–Kier alpha value is -5.53. The zero-order chi connectivity index (χ0) is 43.6. The number of hydrogen-bond donors (Lipinski definition) is 0. The molecule has 2 saturated heterocycles. The zero-order valence-corrected chi connectivity index (χ0v) is 35.9. The fourth-order valence-electron chi connectivity index (χ4n) is 7.92. The summed E-state index contributed by atoms with van der Waals surface area (Å²) in [6.07, 6.45) is -6.39. The second kappa shape index (κ2) is 24.0. The number of benzene rings is 6. The topological polar surface area (TPSA) is 100 Å². The van der Waals surface area contributed by atoms with Gasteiger partial charge in [0.05, 0.1) is 65.4 Å². The SMILES string of the molecule is O=C1C[C@@H](OCc2ccccc2)[C@H](O[C@@H]2O[C@H](COCc3ccccc3)[C@H](OCc3ccccc3)[C@H](OCc3ccccc3)[C@H]2OCc2ccccc2)[C@@H](COCc2ccccc2)O1. The summed E-state index contributed by atoms with van der Waals surface area (Å²) in [5.74, 6) is -0.404. The molecule has 2 aliphatic heterocycles. The van der Waals surface area contributed by atoms with E-state index in [1.807, 2.05) is 182 Å². The van der Waals surface area contributed by atoms with E-state index in [9.17, 15) is 4.79 Å². The van der Waals surface area contributed by atoms with E-state index in [4.69, 9.17) is 42.6 Å². The highest BCUT2D eigenvalue weighted by Crippen LogP contribution is 2.35. The van der Waals surface area contributed by atoms with E-state index in [-0.39, 0.29) is 39.5 Å². The lowest BCUT2D eigenvalue weighted by atomic mass is 9.96. The molecule has 332 valence electrons. The molecule has 0 spiro atoms. The van der Waals surface area contributed by atoms with E-state index in [0.717, 1.165) is 33.4 Å². The van der Waals surface area contributed by atoms with Crippen LogP contribution in [0.5, 0.6) is 0 Å². The van der Waals surface area contributed by atoms with Gasteiger partial charge >= 0.3 is 5.97 Å². The van der Waals surface area contributed by atoms with E-state index in [1.165, 1.54) is 0 Å². The van der Waals surface area contributed by atoms with Crippen molar-refractivity contribution in [3.63, 3.8) is 0 Å². The Morgan fingerprint density at radius 2 is 0.750 bits per heavy atom. The molecule has 0 saturated carbocycles. The fraction of sp³-hybridized carbons (Fsp3) is 0.315. The van der Waals surface area contributed by atoms with Crippen molar-refractivity contribution in [3.05, 3.63) is 215 Å². The first kappa shape index (κ1) is 45.1. The summed E-state index contributed by atoms with van der Waals surface area (Å²) < 4.78 is 60.3. The summed E-state index contributed by atoms with van der Waals surface area (Å²) in [5.41, 5.74) is 5.90. The number of hydrogen-bond acceptors (Lipinski definition) is 10. The molecule has 2 aliphatic rings. The van der Waals surface area contributed by atoms with Crippen LogP contribution >= 0.6 is 0 Å². The average molecular weight is 865 g/mol. The smallest absolute Gasteiger partial charge is 0.308 e. The lowest BCUT2D eigenvalue weighted by Gasteiger charge is -2.48. The minimum absolute atomic E-state index is 0.0324. The minimum atomic E-state index is -1.06. The highest BCUT2D eigenvalue weighted by Gasteiger charge is 2.52. The molecule has 6 aromatic rings. The molecule has 0 amide bonds. The van der Waals surface area contributed by atoms with E-state index in [0.29, 0.717) is 19.8 Å². The van der Waals surface area contributed by atoms with Crippen molar-refractivity contribution < 1.29 is 47.4 Å². The molecule has 2 heterocycles. The van der Waals surface area contributed by atoms with Crippen molar-refractivity contribution in [1.29, 1.82) is 0 Å². The molecule has 6 aromatic carbocycles. The summed E-state index contributed by atoms with van der Waals surface area (Å²) in [5, 5.41) is 0. The Bertz CT molecular complexity index is 2220. The van der Waals surface area contributed by atoms with Gasteiger partial charge in [0.15, 0.2) is 12.4 Å². The molecule has 0 radical (unpaired) electrons. The largest absolute Gasteiger partial charge is 0.457 e. The summed E-state index contributed by atoms with van der Waals surface area (Å²) in [6.45, 7) is 1.93. The zero-order valence-electron chi connectivity index (χ0n) is 35.9. The fourth-order valence-corrected chi connectivity index (χ4v) is 7.92. The quantitative estimate of drug-likeness (QED) is 0.0615.